The molecule has 0 unspecified atom stereocenters. The van der Waals surface area contributed by atoms with Gasteiger partial charge in [-0.3, -0.25) is 9.59 Å². The van der Waals surface area contributed by atoms with Crippen molar-refractivity contribution in [1.29, 1.82) is 0 Å². The number of thiophene rings is 1. The van der Waals surface area contributed by atoms with Gasteiger partial charge in [0.2, 0.25) is 0 Å². The minimum Gasteiger partial charge on any atom is -0.338 e. The minimum atomic E-state index is -0.130. The van der Waals surface area contributed by atoms with E-state index in [2.05, 4.69) is 20.1 Å². The SMILES string of the molecule is Cc1cc(C)n2ncc(C(=O)N3CCC(Cc4nc(-c5ccsc5)cc(=O)[nH]4)CC3)c2n1. The number of nitrogens with zero attached hydrogens (tertiary/aromatic N) is 5. The highest BCUT2D eigenvalue weighted by atomic mass is 32.1. The predicted molar refractivity (Wildman–Crippen MR) is 123 cm³/mol. The highest BCUT2D eigenvalue weighted by Crippen LogP contribution is 2.24. The van der Waals surface area contributed by atoms with E-state index in [1.165, 1.54) is 0 Å². The molecule has 5 rings (SSSR count). The van der Waals surface area contributed by atoms with Gasteiger partial charge in [0.25, 0.3) is 11.5 Å². The summed E-state index contributed by atoms with van der Waals surface area (Å²) in [7, 11) is 0. The molecule has 0 spiro atoms. The Balaban J connectivity index is 1.27. The van der Waals surface area contributed by atoms with Gasteiger partial charge in [-0.1, -0.05) is 0 Å². The number of amides is 1. The highest BCUT2D eigenvalue weighted by molar-refractivity contribution is 7.08. The number of hydrogen-bond acceptors (Lipinski definition) is 6. The van der Waals surface area contributed by atoms with E-state index in [1.807, 2.05) is 41.6 Å². The molecule has 1 aliphatic heterocycles. The number of carbonyl (C=O) groups is 1. The van der Waals surface area contributed by atoms with Crippen molar-refractivity contribution in [3.8, 4) is 11.3 Å². The Morgan fingerprint density at radius 2 is 2.03 bits per heavy atom. The van der Waals surface area contributed by atoms with Gasteiger partial charge in [-0.25, -0.2) is 14.5 Å². The van der Waals surface area contributed by atoms with Crippen LogP contribution in [0, 0.1) is 19.8 Å². The molecular weight excluding hydrogens is 424 g/mol. The molecule has 1 N–H and O–H groups in total. The highest BCUT2D eigenvalue weighted by Gasteiger charge is 2.27. The monoisotopic (exact) mass is 448 g/mol. The van der Waals surface area contributed by atoms with E-state index in [0.717, 1.165) is 29.8 Å². The van der Waals surface area contributed by atoms with Crippen LogP contribution in [-0.2, 0) is 6.42 Å². The Labute approximate surface area is 189 Å². The Morgan fingerprint density at radius 1 is 1.22 bits per heavy atom. The van der Waals surface area contributed by atoms with Crippen LogP contribution < -0.4 is 5.56 Å². The van der Waals surface area contributed by atoms with Crippen molar-refractivity contribution in [3.63, 3.8) is 0 Å². The maximum Gasteiger partial charge on any atom is 0.259 e. The standard InChI is InChI=1S/C23H24N6O2S/c1-14-9-15(2)29-22(25-14)18(12-24-29)23(31)28-6-3-16(4-7-28)10-20-26-19(11-21(30)27-20)17-5-8-32-13-17/h5,8-9,11-13,16H,3-4,6-7,10H2,1-2H3,(H,26,27,30). The number of aryl methyl sites for hydroxylation is 2. The van der Waals surface area contributed by atoms with Crippen molar-refractivity contribution in [2.75, 3.05) is 13.1 Å². The van der Waals surface area contributed by atoms with E-state index in [0.29, 0.717) is 48.2 Å². The smallest absolute Gasteiger partial charge is 0.259 e. The van der Waals surface area contributed by atoms with Gasteiger partial charge in [0, 0.05) is 47.9 Å². The van der Waals surface area contributed by atoms with E-state index < -0.39 is 0 Å². The number of H-pyrrole nitrogens is 1. The molecule has 0 radical (unpaired) electrons. The lowest BCUT2D eigenvalue weighted by Crippen LogP contribution is -2.39. The third-order valence-electron chi connectivity index (χ3n) is 6.00. The Hall–Kier alpha value is -3.33. The fraction of sp³-hybridized carbons (Fsp3) is 0.348. The fourth-order valence-electron chi connectivity index (χ4n) is 4.37. The molecule has 0 saturated carbocycles. The van der Waals surface area contributed by atoms with Gasteiger partial charge in [0.1, 0.15) is 11.4 Å². The van der Waals surface area contributed by atoms with E-state index in [1.54, 1.807) is 28.1 Å². The minimum absolute atomic E-state index is 0.0260. The molecule has 1 saturated heterocycles. The molecule has 4 aromatic rings. The van der Waals surface area contributed by atoms with Crippen molar-refractivity contribution in [1.82, 2.24) is 29.5 Å². The van der Waals surface area contributed by atoms with Crippen LogP contribution in [0.5, 0.6) is 0 Å². The van der Waals surface area contributed by atoms with Gasteiger partial charge >= 0.3 is 0 Å². The third-order valence-corrected chi connectivity index (χ3v) is 6.68. The molecule has 8 nitrogen and oxygen atoms in total. The van der Waals surface area contributed by atoms with Crippen molar-refractivity contribution < 1.29 is 4.79 Å². The van der Waals surface area contributed by atoms with Crippen LogP contribution in [0.2, 0.25) is 0 Å². The topological polar surface area (TPSA) is 96.3 Å². The number of likely N-dealkylation sites (tertiary alicyclic amines) is 1. The molecule has 32 heavy (non-hydrogen) atoms. The summed E-state index contributed by atoms with van der Waals surface area (Å²) in [6.45, 7) is 5.21. The van der Waals surface area contributed by atoms with Crippen molar-refractivity contribution >= 4 is 22.9 Å². The second-order valence-corrected chi connectivity index (χ2v) is 9.14. The van der Waals surface area contributed by atoms with Crippen LogP contribution in [0.1, 0.15) is 40.4 Å². The molecule has 1 aliphatic rings. The van der Waals surface area contributed by atoms with Crippen molar-refractivity contribution in [2.24, 2.45) is 5.92 Å². The van der Waals surface area contributed by atoms with Crippen LogP contribution >= 0.6 is 11.3 Å². The molecular formula is C23H24N6O2S. The van der Waals surface area contributed by atoms with Crippen molar-refractivity contribution in [3.05, 3.63) is 68.3 Å². The molecule has 1 amide bonds. The van der Waals surface area contributed by atoms with E-state index in [4.69, 9.17) is 0 Å². The largest absolute Gasteiger partial charge is 0.338 e. The summed E-state index contributed by atoms with van der Waals surface area (Å²) in [5.74, 6) is 1.05. The van der Waals surface area contributed by atoms with Crippen LogP contribution in [0.3, 0.4) is 0 Å². The molecule has 5 heterocycles. The van der Waals surface area contributed by atoms with E-state index >= 15 is 0 Å². The van der Waals surface area contributed by atoms with Gasteiger partial charge in [-0.2, -0.15) is 16.4 Å². The number of aromatic nitrogens is 5. The number of rotatable bonds is 4. The van der Waals surface area contributed by atoms with Crippen LogP contribution in [0.15, 0.2) is 40.0 Å². The third kappa shape index (κ3) is 3.95. The lowest BCUT2D eigenvalue weighted by atomic mass is 9.93. The van der Waals surface area contributed by atoms with Crippen molar-refractivity contribution in [2.45, 2.75) is 33.1 Å². The first kappa shape index (κ1) is 20.6. The molecule has 9 heteroatoms. The summed E-state index contributed by atoms with van der Waals surface area (Å²) in [5.41, 5.74) is 4.53. The van der Waals surface area contributed by atoms with Gasteiger partial charge in [-0.05, 0) is 50.1 Å². The zero-order chi connectivity index (χ0) is 22.2. The number of fused-ring (bicyclic) bond motifs is 1. The number of piperidine rings is 1. The number of hydrogen-bond donors (Lipinski definition) is 1. The van der Waals surface area contributed by atoms with Gasteiger partial charge < -0.3 is 9.88 Å². The summed E-state index contributed by atoms with van der Waals surface area (Å²) in [5, 5.41) is 8.32. The first-order chi connectivity index (χ1) is 15.5. The first-order valence-electron chi connectivity index (χ1n) is 10.7. The quantitative estimate of drug-likeness (QED) is 0.517. The van der Waals surface area contributed by atoms with Crippen LogP contribution in [-0.4, -0.2) is 48.5 Å². The normalized spacial score (nSPS) is 14.9. The Bertz CT molecular complexity index is 1330. The summed E-state index contributed by atoms with van der Waals surface area (Å²) in [6, 6.07) is 5.46. The first-order valence-corrected chi connectivity index (χ1v) is 11.7. The fourth-order valence-corrected chi connectivity index (χ4v) is 5.02. The maximum absolute atomic E-state index is 13.2. The molecule has 1 fully saturated rings. The molecule has 0 bridgehead atoms. The summed E-state index contributed by atoms with van der Waals surface area (Å²) in [4.78, 5) is 39.2. The van der Waals surface area contributed by atoms with Gasteiger partial charge in [0.15, 0.2) is 5.65 Å². The predicted octanol–water partition coefficient (Wildman–Crippen LogP) is 3.25. The summed E-state index contributed by atoms with van der Waals surface area (Å²) >= 11 is 1.59. The summed E-state index contributed by atoms with van der Waals surface area (Å²) < 4.78 is 1.72. The average Bonchev–Trinajstić information content (AvgIpc) is 3.44. The van der Waals surface area contributed by atoms with Gasteiger partial charge in [-0.15, -0.1) is 0 Å². The number of aromatic amines is 1. The second-order valence-electron chi connectivity index (χ2n) is 8.36. The summed E-state index contributed by atoms with van der Waals surface area (Å²) in [6.07, 6.45) is 4.05. The molecule has 4 aromatic heterocycles. The molecule has 164 valence electrons. The zero-order valence-electron chi connectivity index (χ0n) is 18.0. The molecule has 0 aromatic carbocycles. The van der Waals surface area contributed by atoms with E-state index in [9.17, 15) is 9.59 Å². The number of carbonyl (C=O) groups excluding carboxylic acids is 1. The molecule has 0 atom stereocenters. The van der Waals surface area contributed by atoms with E-state index in [-0.39, 0.29) is 11.5 Å². The maximum atomic E-state index is 13.2. The van der Waals surface area contributed by atoms with Crippen LogP contribution in [0.25, 0.3) is 16.9 Å². The molecule has 0 aliphatic carbocycles. The zero-order valence-corrected chi connectivity index (χ0v) is 18.9. The lowest BCUT2D eigenvalue weighted by molar-refractivity contribution is 0.0691. The Morgan fingerprint density at radius 3 is 2.78 bits per heavy atom. The van der Waals surface area contributed by atoms with Crippen LogP contribution in [0.4, 0.5) is 0 Å². The van der Waals surface area contributed by atoms with Gasteiger partial charge in [0.05, 0.1) is 11.9 Å². The average molecular weight is 449 g/mol. The second kappa shape index (κ2) is 8.31. The Kier molecular flexibility index (Phi) is 5.34. The number of nitrogens with one attached hydrogen (secondary N) is 1. The lowest BCUT2D eigenvalue weighted by Gasteiger charge is -2.31.